The second-order valence-electron chi connectivity index (χ2n) is 8.24. The van der Waals surface area contributed by atoms with E-state index in [2.05, 4.69) is 10.4 Å². The van der Waals surface area contributed by atoms with Crippen molar-refractivity contribution in [2.24, 2.45) is 11.0 Å². The van der Waals surface area contributed by atoms with Crippen LogP contribution in [0.1, 0.15) is 55.9 Å². The molecule has 1 aromatic carbocycles. The normalized spacial score (nSPS) is 18.6. The third-order valence-corrected chi connectivity index (χ3v) is 6.21. The summed E-state index contributed by atoms with van der Waals surface area (Å²) in [5.74, 6) is -0.738. The number of ether oxygens (including phenoxy) is 1. The van der Waals surface area contributed by atoms with E-state index >= 15 is 0 Å². The maximum Gasteiger partial charge on any atom is 0.325 e. The lowest BCUT2D eigenvalue weighted by molar-refractivity contribution is -0.152. The number of furan rings is 1. The molecule has 1 atom stereocenters. The standard InChI is InChI=1S/C24H26ClN3O5/c25-18-10-8-16(9-11-18)19-13-20(21-7-4-12-32-21)28(27-19)22(29)15-33-23(30)14-26-24(31)17-5-2-1-3-6-17/h4,7-12,17,20H,1-3,5-6,13-15H2,(H,26,31). The monoisotopic (exact) mass is 471 g/mol. The molecule has 1 aromatic heterocycles. The SMILES string of the molecule is O=C(CNC(=O)C1CCCCC1)OCC(=O)N1N=C(c2ccc(Cl)cc2)CC1c1ccco1. The summed E-state index contributed by atoms with van der Waals surface area (Å²) in [6, 6.07) is 10.3. The number of rotatable bonds is 7. The molecule has 1 N–H and O–H groups in total. The van der Waals surface area contributed by atoms with Crippen LogP contribution < -0.4 is 5.32 Å². The minimum absolute atomic E-state index is 0.0486. The predicted molar refractivity (Wildman–Crippen MR) is 121 cm³/mol. The number of nitrogens with zero attached hydrogens (tertiary/aromatic N) is 2. The Balaban J connectivity index is 1.34. The van der Waals surface area contributed by atoms with Crippen molar-refractivity contribution >= 4 is 35.1 Å². The molecule has 1 saturated carbocycles. The van der Waals surface area contributed by atoms with Gasteiger partial charge in [-0.2, -0.15) is 5.10 Å². The molecule has 2 heterocycles. The van der Waals surface area contributed by atoms with Crippen molar-refractivity contribution in [2.45, 2.75) is 44.6 Å². The molecule has 33 heavy (non-hydrogen) atoms. The van der Waals surface area contributed by atoms with Gasteiger partial charge in [-0.3, -0.25) is 14.4 Å². The van der Waals surface area contributed by atoms with Gasteiger partial charge in [0.05, 0.1) is 12.0 Å². The molecule has 2 aromatic rings. The van der Waals surface area contributed by atoms with Crippen LogP contribution in [0.2, 0.25) is 5.02 Å². The smallest absolute Gasteiger partial charge is 0.325 e. The quantitative estimate of drug-likeness (QED) is 0.618. The molecule has 0 saturated heterocycles. The van der Waals surface area contributed by atoms with Gasteiger partial charge in [0.25, 0.3) is 5.91 Å². The number of esters is 1. The molecule has 2 aliphatic rings. The van der Waals surface area contributed by atoms with Crippen LogP contribution in [0, 0.1) is 5.92 Å². The number of halogens is 1. The second-order valence-corrected chi connectivity index (χ2v) is 8.68. The maximum absolute atomic E-state index is 12.9. The topological polar surface area (TPSA) is 101 Å². The van der Waals surface area contributed by atoms with Crippen LogP contribution >= 0.6 is 11.6 Å². The molecular weight excluding hydrogens is 446 g/mol. The van der Waals surface area contributed by atoms with E-state index in [9.17, 15) is 14.4 Å². The minimum atomic E-state index is -0.664. The number of hydrogen-bond acceptors (Lipinski definition) is 6. The Labute approximate surface area is 196 Å². The summed E-state index contributed by atoms with van der Waals surface area (Å²) >= 11 is 5.97. The van der Waals surface area contributed by atoms with Gasteiger partial charge in [0.1, 0.15) is 18.3 Å². The fraction of sp³-hybridized carbons (Fsp3) is 0.417. The first kappa shape index (κ1) is 23.0. The summed E-state index contributed by atoms with van der Waals surface area (Å²) in [7, 11) is 0. The number of hydrazone groups is 1. The van der Waals surface area contributed by atoms with Crippen LogP contribution in [0.4, 0.5) is 0 Å². The van der Waals surface area contributed by atoms with E-state index in [1.807, 2.05) is 12.1 Å². The molecule has 1 aliphatic carbocycles. The van der Waals surface area contributed by atoms with E-state index in [-0.39, 0.29) is 18.4 Å². The largest absolute Gasteiger partial charge is 0.467 e. The highest BCUT2D eigenvalue weighted by Gasteiger charge is 2.35. The molecule has 174 valence electrons. The van der Waals surface area contributed by atoms with E-state index in [0.717, 1.165) is 37.7 Å². The Bertz CT molecular complexity index is 1010. The number of nitrogens with one attached hydrogen (secondary N) is 1. The Kier molecular flexibility index (Phi) is 7.44. The highest BCUT2D eigenvalue weighted by Crippen LogP contribution is 2.33. The lowest BCUT2D eigenvalue weighted by atomic mass is 9.89. The van der Waals surface area contributed by atoms with E-state index < -0.39 is 24.5 Å². The molecule has 1 fully saturated rings. The molecule has 8 nitrogen and oxygen atoms in total. The number of carbonyl (C=O) groups is 3. The van der Waals surface area contributed by atoms with Crippen molar-refractivity contribution in [2.75, 3.05) is 13.2 Å². The third-order valence-electron chi connectivity index (χ3n) is 5.95. The van der Waals surface area contributed by atoms with Gasteiger partial charge in [0, 0.05) is 17.4 Å². The number of benzene rings is 1. The summed E-state index contributed by atoms with van der Waals surface area (Å²) in [4.78, 5) is 37.2. The van der Waals surface area contributed by atoms with Gasteiger partial charge in [-0.25, -0.2) is 5.01 Å². The Morgan fingerprint density at radius 1 is 1.12 bits per heavy atom. The highest BCUT2D eigenvalue weighted by atomic mass is 35.5. The van der Waals surface area contributed by atoms with Crippen molar-refractivity contribution in [1.82, 2.24) is 10.3 Å². The molecule has 4 rings (SSSR count). The Hall–Kier alpha value is -3.13. The van der Waals surface area contributed by atoms with E-state index in [0.29, 0.717) is 22.9 Å². The molecule has 0 spiro atoms. The van der Waals surface area contributed by atoms with E-state index in [4.69, 9.17) is 20.8 Å². The summed E-state index contributed by atoms with van der Waals surface area (Å²) in [6.45, 7) is -0.740. The summed E-state index contributed by atoms with van der Waals surface area (Å²) < 4.78 is 10.6. The van der Waals surface area contributed by atoms with Crippen LogP contribution in [-0.2, 0) is 19.1 Å². The van der Waals surface area contributed by atoms with Gasteiger partial charge in [-0.15, -0.1) is 0 Å². The average Bonchev–Trinajstić information content (AvgIpc) is 3.52. The van der Waals surface area contributed by atoms with Crippen molar-refractivity contribution in [3.63, 3.8) is 0 Å². The van der Waals surface area contributed by atoms with Gasteiger partial charge in [-0.1, -0.05) is 43.0 Å². The van der Waals surface area contributed by atoms with Crippen molar-refractivity contribution in [1.29, 1.82) is 0 Å². The number of carbonyl (C=O) groups excluding carboxylic acids is 3. The average molecular weight is 472 g/mol. The predicted octanol–water partition coefficient (Wildman–Crippen LogP) is 3.85. The van der Waals surface area contributed by atoms with E-state index in [1.54, 1.807) is 24.3 Å². The molecule has 1 unspecified atom stereocenters. The van der Waals surface area contributed by atoms with Gasteiger partial charge < -0.3 is 14.5 Å². The zero-order valence-electron chi connectivity index (χ0n) is 18.2. The van der Waals surface area contributed by atoms with Crippen molar-refractivity contribution in [3.05, 3.63) is 59.0 Å². The Morgan fingerprint density at radius 2 is 1.88 bits per heavy atom. The van der Waals surface area contributed by atoms with Gasteiger partial charge >= 0.3 is 5.97 Å². The molecule has 1 aliphatic heterocycles. The zero-order chi connectivity index (χ0) is 23.2. The van der Waals surface area contributed by atoms with Crippen LogP contribution in [0.25, 0.3) is 0 Å². The third kappa shape index (κ3) is 5.82. The fourth-order valence-corrected chi connectivity index (χ4v) is 4.31. The second kappa shape index (κ2) is 10.7. The van der Waals surface area contributed by atoms with Gasteiger partial charge in [0.2, 0.25) is 5.91 Å². The van der Waals surface area contributed by atoms with Crippen LogP contribution in [-0.4, -0.2) is 41.7 Å². The molecule has 2 amide bonds. The van der Waals surface area contributed by atoms with Crippen molar-refractivity contribution in [3.8, 4) is 0 Å². The summed E-state index contributed by atoms with van der Waals surface area (Å²) in [5.41, 5.74) is 1.54. The molecule has 9 heteroatoms. The van der Waals surface area contributed by atoms with Gasteiger partial charge in [-0.05, 0) is 42.7 Å². The lowest BCUT2D eigenvalue weighted by Gasteiger charge is -2.21. The Morgan fingerprint density at radius 3 is 2.58 bits per heavy atom. The number of amides is 2. The fourth-order valence-electron chi connectivity index (χ4n) is 4.19. The molecule has 0 radical (unpaired) electrons. The van der Waals surface area contributed by atoms with Crippen LogP contribution in [0.15, 0.2) is 52.2 Å². The van der Waals surface area contributed by atoms with Crippen LogP contribution in [0.3, 0.4) is 0 Å². The maximum atomic E-state index is 12.9. The molecular formula is C24H26ClN3O5. The minimum Gasteiger partial charge on any atom is -0.467 e. The summed E-state index contributed by atoms with van der Waals surface area (Å²) in [6.07, 6.45) is 6.88. The van der Waals surface area contributed by atoms with Crippen molar-refractivity contribution < 1.29 is 23.5 Å². The lowest BCUT2D eigenvalue weighted by Crippen LogP contribution is -2.37. The first-order valence-corrected chi connectivity index (χ1v) is 11.5. The summed E-state index contributed by atoms with van der Waals surface area (Å²) in [5, 5.41) is 8.99. The molecule has 0 bridgehead atoms. The first-order valence-electron chi connectivity index (χ1n) is 11.1. The number of hydrogen-bond donors (Lipinski definition) is 1. The van der Waals surface area contributed by atoms with Gasteiger partial charge in [0.15, 0.2) is 6.61 Å². The van der Waals surface area contributed by atoms with Crippen LogP contribution in [0.5, 0.6) is 0 Å². The first-order chi connectivity index (χ1) is 16.0. The van der Waals surface area contributed by atoms with E-state index in [1.165, 1.54) is 11.3 Å². The highest BCUT2D eigenvalue weighted by molar-refractivity contribution is 6.30. The zero-order valence-corrected chi connectivity index (χ0v) is 18.9.